The lowest BCUT2D eigenvalue weighted by molar-refractivity contribution is 0.669. The highest BCUT2D eigenvalue weighted by molar-refractivity contribution is 7.26. The maximum absolute atomic E-state index is 6.45. The average molecular weight is 657 g/mol. The topological polar surface area (TPSA) is 21.3 Å². The number of rotatable bonds is 4. The maximum atomic E-state index is 6.45. The summed E-state index contributed by atoms with van der Waals surface area (Å²) in [7, 11) is 0. The van der Waals surface area contributed by atoms with Crippen molar-refractivity contribution in [2.45, 2.75) is 0 Å². The lowest BCUT2D eigenvalue weighted by Gasteiger charge is -2.26. The second kappa shape index (κ2) is 10.6. The zero-order valence-electron chi connectivity index (χ0n) is 26.9. The smallest absolute Gasteiger partial charge is 0.137 e. The van der Waals surface area contributed by atoms with Crippen LogP contribution in [0.2, 0.25) is 0 Å². The molecule has 0 bridgehead atoms. The molecule has 3 aromatic heterocycles. The van der Waals surface area contributed by atoms with E-state index in [9.17, 15) is 0 Å². The first kappa shape index (κ1) is 27.6. The molecule has 0 aliphatic heterocycles. The van der Waals surface area contributed by atoms with Crippen LogP contribution in [-0.4, -0.2) is 4.57 Å². The number of fused-ring (bicyclic) bond motifs is 11. The maximum Gasteiger partial charge on any atom is 0.137 e. The monoisotopic (exact) mass is 656 g/mol. The summed E-state index contributed by atoms with van der Waals surface area (Å²) in [6, 6.07) is 61.2. The first-order valence-electron chi connectivity index (χ1n) is 16.9. The van der Waals surface area contributed by atoms with Crippen LogP contribution in [0.1, 0.15) is 0 Å². The molecule has 8 aromatic carbocycles. The standard InChI is InChI=1S/C46H28N2OS/c1-2-12-30(13-3-1)48-39-18-8-6-15-34(39)38-27-31(23-25-40(38)48)47(32-22-24-36-35-16-7-9-20-42(35)49-43(36)28-32)41-19-10-17-37-45-33-14-5-4-11-29(33)21-26-44(45)50-46(37)41/h1-28H. The van der Waals surface area contributed by atoms with Gasteiger partial charge in [0.1, 0.15) is 11.2 Å². The Morgan fingerprint density at radius 2 is 1.16 bits per heavy atom. The summed E-state index contributed by atoms with van der Waals surface area (Å²) < 4.78 is 11.4. The van der Waals surface area contributed by atoms with Crippen LogP contribution in [0.4, 0.5) is 17.1 Å². The third-order valence-electron chi connectivity index (χ3n) is 10.2. The molecule has 0 spiro atoms. The Morgan fingerprint density at radius 3 is 2.08 bits per heavy atom. The van der Waals surface area contributed by atoms with Crippen LogP contribution in [0.5, 0.6) is 0 Å². The molecule has 0 unspecified atom stereocenters. The van der Waals surface area contributed by atoms with E-state index in [1.54, 1.807) is 0 Å². The second-order valence-corrected chi connectivity index (χ2v) is 14.0. The van der Waals surface area contributed by atoms with Crippen LogP contribution >= 0.6 is 11.3 Å². The molecule has 234 valence electrons. The van der Waals surface area contributed by atoms with E-state index >= 15 is 0 Å². The van der Waals surface area contributed by atoms with E-state index in [1.807, 2.05) is 23.5 Å². The van der Waals surface area contributed by atoms with Gasteiger partial charge in [-0.3, -0.25) is 0 Å². The van der Waals surface area contributed by atoms with Gasteiger partial charge in [0.25, 0.3) is 0 Å². The fourth-order valence-corrected chi connectivity index (χ4v) is 9.19. The van der Waals surface area contributed by atoms with Gasteiger partial charge in [0.15, 0.2) is 0 Å². The van der Waals surface area contributed by atoms with Crippen LogP contribution in [0.3, 0.4) is 0 Å². The lowest BCUT2D eigenvalue weighted by atomic mass is 10.0. The first-order chi connectivity index (χ1) is 24.8. The molecule has 11 rings (SSSR count). The number of hydrogen-bond acceptors (Lipinski definition) is 3. The van der Waals surface area contributed by atoms with Crippen LogP contribution < -0.4 is 4.90 Å². The zero-order valence-corrected chi connectivity index (χ0v) is 27.7. The summed E-state index contributed by atoms with van der Waals surface area (Å²) in [5.41, 5.74) is 8.61. The van der Waals surface area contributed by atoms with Gasteiger partial charge >= 0.3 is 0 Å². The second-order valence-electron chi connectivity index (χ2n) is 12.9. The van der Waals surface area contributed by atoms with Crippen molar-refractivity contribution in [2.75, 3.05) is 4.90 Å². The predicted molar refractivity (Wildman–Crippen MR) is 213 cm³/mol. The summed E-state index contributed by atoms with van der Waals surface area (Å²) >= 11 is 1.87. The molecule has 0 radical (unpaired) electrons. The Labute approximate surface area is 291 Å². The number of benzene rings is 8. The van der Waals surface area contributed by atoms with Gasteiger partial charge in [-0.2, -0.15) is 0 Å². The summed E-state index contributed by atoms with van der Waals surface area (Å²) in [5.74, 6) is 0. The van der Waals surface area contributed by atoms with E-state index in [2.05, 4.69) is 167 Å². The molecule has 4 heteroatoms. The highest BCUT2D eigenvalue weighted by Gasteiger charge is 2.22. The van der Waals surface area contributed by atoms with E-state index in [-0.39, 0.29) is 0 Å². The van der Waals surface area contributed by atoms with Crippen LogP contribution in [-0.2, 0) is 0 Å². The first-order valence-corrected chi connectivity index (χ1v) is 17.7. The summed E-state index contributed by atoms with van der Waals surface area (Å²) in [6.07, 6.45) is 0. The predicted octanol–water partition coefficient (Wildman–Crippen LogP) is 13.7. The third kappa shape index (κ3) is 3.97. The molecule has 0 aliphatic carbocycles. The number of aromatic nitrogens is 1. The number of furan rings is 1. The van der Waals surface area contributed by atoms with Crippen molar-refractivity contribution in [2.24, 2.45) is 0 Å². The molecule has 0 saturated heterocycles. The molecule has 0 saturated carbocycles. The molecule has 0 atom stereocenters. The number of thiophene rings is 1. The fourth-order valence-electron chi connectivity index (χ4n) is 7.97. The molecular weight excluding hydrogens is 629 g/mol. The minimum atomic E-state index is 0.880. The lowest BCUT2D eigenvalue weighted by Crippen LogP contribution is -2.10. The number of para-hydroxylation sites is 3. The minimum absolute atomic E-state index is 0.880. The number of nitrogens with zero attached hydrogens (tertiary/aromatic N) is 2. The summed E-state index contributed by atoms with van der Waals surface area (Å²) in [5, 5.41) is 9.84. The molecule has 3 heterocycles. The third-order valence-corrected chi connectivity index (χ3v) is 11.3. The van der Waals surface area contributed by atoms with Crippen molar-refractivity contribution in [1.29, 1.82) is 0 Å². The van der Waals surface area contributed by atoms with Gasteiger partial charge < -0.3 is 13.9 Å². The fraction of sp³-hybridized carbons (Fsp3) is 0. The van der Waals surface area contributed by atoms with Gasteiger partial charge in [-0.05, 0) is 77.5 Å². The van der Waals surface area contributed by atoms with Gasteiger partial charge in [-0.15, -0.1) is 11.3 Å². The molecule has 0 N–H and O–H groups in total. The summed E-state index contributed by atoms with van der Waals surface area (Å²) in [6.45, 7) is 0. The van der Waals surface area contributed by atoms with Gasteiger partial charge in [0.2, 0.25) is 0 Å². The molecule has 3 nitrogen and oxygen atoms in total. The Bertz CT molecular complexity index is 3110. The van der Waals surface area contributed by atoms with Crippen molar-refractivity contribution in [3.63, 3.8) is 0 Å². The highest BCUT2D eigenvalue weighted by Crippen LogP contribution is 2.48. The largest absolute Gasteiger partial charge is 0.456 e. The molecule has 0 aliphatic rings. The van der Waals surface area contributed by atoms with Gasteiger partial charge in [0.05, 0.1) is 21.4 Å². The van der Waals surface area contributed by atoms with E-state index in [4.69, 9.17) is 4.42 Å². The van der Waals surface area contributed by atoms with E-state index in [1.165, 1.54) is 52.8 Å². The minimum Gasteiger partial charge on any atom is -0.456 e. The van der Waals surface area contributed by atoms with E-state index < -0.39 is 0 Å². The SMILES string of the molecule is c1ccc(-n2c3ccccc3c3cc(N(c4ccc5c(c4)oc4ccccc45)c4cccc5c4sc4ccc6ccccc6c45)ccc32)cc1. The van der Waals surface area contributed by atoms with Gasteiger partial charge in [-0.25, -0.2) is 0 Å². The Balaban J connectivity index is 1.21. The van der Waals surface area contributed by atoms with Gasteiger partial charge in [0, 0.05) is 60.1 Å². The van der Waals surface area contributed by atoms with Crippen LogP contribution in [0.25, 0.3) is 80.4 Å². The highest BCUT2D eigenvalue weighted by atomic mass is 32.1. The number of anilines is 3. The number of hydrogen-bond donors (Lipinski definition) is 0. The Kier molecular flexibility index (Phi) is 5.83. The van der Waals surface area contributed by atoms with E-state index in [0.717, 1.165) is 44.7 Å². The average Bonchev–Trinajstić information content (AvgIpc) is 3.85. The Morgan fingerprint density at radius 1 is 0.460 bits per heavy atom. The van der Waals surface area contributed by atoms with Crippen LogP contribution in [0.15, 0.2) is 174 Å². The van der Waals surface area contributed by atoms with Crippen LogP contribution in [0, 0.1) is 0 Å². The van der Waals surface area contributed by atoms with E-state index in [0.29, 0.717) is 0 Å². The van der Waals surface area contributed by atoms with Crippen molar-refractivity contribution in [1.82, 2.24) is 4.57 Å². The quantitative estimate of drug-likeness (QED) is 0.188. The van der Waals surface area contributed by atoms with Gasteiger partial charge in [-0.1, -0.05) is 97.1 Å². The zero-order chi connectivity index (χ0) is 32.8. The molecule has 0 amide bonds. The summed E-state index contributed by atoms with van der Waals surface area (Å²) in [4.78, 5) is 2.42. The molecule has 0 fully saturated rings. The molecule has 50 heavy (non-hydrogen) atoms. The normalized spacial score (nSPS) is 12.0. The Hall–Kier alpha value is -6.36. The van der Waals surface area contributed by atoms with Crippen molar-refractivity contribution in [3.8, 4) is 5.69 Å². The van der Waals surface area contributed by atoms with Crippen molar-refractivity contribution in [3.05, 3.63) is 170 Å². The molecular formula is C46H28N2OS. The van der Waals surface area contributed by atoms with Crippen molar-refractivity contribution < 1.29 is 4.42 Å². The molecule has 11 aromatic rings. The van der Waals surface area contributed by atoms with Crippen molar-refractivity contribution >= 4 is 103 Å².